The van der Waals surface area contributed by atoms with Gasteiger partial charge in [-0.2, -0.15) is 0 Å². The average Bonchev–Trinajstić information content (AvgIpc) is 3.23. The molecule has 2 unspecified atom stereocenters. The summed E-state index contributed by atoms with van der Waals surface area (Å²) >= 11 is 12.9. The standard InChI is InChI=1S/C21H24Cl2N4O3/c1-4-19(28)25-14-8-6-5-7-12(14)15-9-18(27-26-15)24-11-13-20(22)16(29-2)10-17(30-3)21(13)23/h4-8,10,15,18,24,26-27H,1,9,11H2,2-3H3,(H,25,28). The van der Waals surface area contributed by atoms with E-state index in [1.807, 2.05) is 24.3 Å². The van der Waals surface area contributed by atoms with E-state index in [0.29, 0.717) is 33.7 Å². The van der Waals surface area contributed by atoms with Crippen molar-refractivity contribution in [2.24, 2.45) is 0 Å². The fraction of sp³-hybridized carbons (Fsp3) is 0.286. The Labute approximate surface area is 185 Å². The molecule has 1 fully saturated rings. The Hall–Kier alpha value is -2.29. The quantitative estimate of drug-likeness (QED) is 0.458. The zero-order valence-electron chi connectivity index (χ0n) is 16.7. The van der Waals surface area contributed by atoms with E-state index in [4.69, 9.17) is 32.7 Å². The SMILES string of the molecule is C=CC(=O)Nc1ccccc1C1CC(NCc2c(Cl)c(OC)cc(OC)c2Cl)NN1. The Morgan fingerprint density at radius 2 is 1.87 bits per heavy atom. The number of hydrogen-bond acceptors (Lipinski definition) is 6. The van der Waals surface area contributed by atoms with E-state index in [1.54, 1.807) is 20.3 Å². The van der Waals surface area contributed by atoms with Gasteiger partial charge in [-0.1, -0.05) is 48.0 Å². The van der Waals surface area contributed by atoms with E-state index in [1.165, 1.54) is 6.08 Å². The molecule has 0 bridgehead atoms. The first-order chi connectivity index (χ1) is 14.5. The number of rotatable bonds is 8. The summed E-state index contributed by atoms with van der Waals surface area (Å²) in [4.78, 5) is 11.7. The average molecular weight is 451 g/mol. The maximum Gasteiger partial charge on any atom is 0.247 e. The van der Waals surface area contributed by atoms with Gasteiger partial charge in [0.1, 0.15) is 11.5 Å². The van der Waals surface area contributed by atoms with Crippen molar-refractivity contribution in [2.45, 2.75) is 25.2 Å². The van der Waals surface area contributed by atoms with E-state index in [-0.39, 0.29) is 18.1 Å². The zero-order chi connectivity index (χ0) is 21.7. The lowest BCUT2D eigenvalue weighted by molar-refractivity contribution is -0.111. The Kier molecular flexibility index (Phi) is 7.58. The molecule has 1 aliphatic heterocycles. The molecular weight excluding hydrogens is 427 g/mol. The van der Waals surface area contributed by atoms with Gasteiger partial charge >= 0.3 is 0 Å². The van der Waals surface area contributed by atoms with Crippen LogP contribution in [0.25, 0.3) is 0 Å². The maximum atomic E-state index is 11.7. The smallest absolute Gasteiger partial charge is 0.247 e. The minimum absolute atomic E-state index is 0.00500. The van der Waals surface area contributed by atoms with Gasteiger partial charge in [-0.15, -0.1) is 0 Å². The third-order valence-electron chi connectivity index (χ3n) is 4.87. The van der Waals surface area contributed by atoms with Crippen LogP contribution in [0.5, 0.6) is 11.5 Å². The largest absolute Gasteiger partial charge is 0.495 e. The highest BCUT2D eigenvalue weighted by molar-refractivity contribution is 6.37. The number of para-hydroxylation sites is 1. The van der Waals surface area contributed by atoms with Crippen LogP contribution >= 0.6 is 23.2 Å². The Bertz CT molecular complexity index is 910. The Morgan fingerprint density at radius 3 is 2.50 bits per heavy atom. The number of hydrazine groups is 1. The fourth-order valence-corrected chi connectivity index (χ4v) is 3.94. The Balaban J connectivity index is 1.70. The van der Waals surface area contributed by atoms with Crippen molar-refractivity contribution in [3.05, 3.63) is 64.2 Å². The number of carbonyl (C=O) groups is 1. The number of amides is 1. The number of ether oxygens (including phenoxy) is 2. The van der Waals surface area contributed by atoms with Crippen molar-refractivity contribution in [3.63, 3.8) is 0 Å². The molecule has 0 aliphatic carbocycles. The van der Waals surface area contributed by atoms with Crippen LogP contribution in [-0.4, -0.2) is 26.3 Å². The molecule has 1 aliphatic rings. The molecule has 1 heterocycles. The van der Waals surface area contributed by atoms with Gasteiger partial charge in [-0.05, 0) is 24.1 Å². The molecular formula is C21H24Cl2N4O3. The summed E-state index contributed by atoms with van der Waals surface area (Å²) in [5.74, 6) is 0.744. The summed E-state index contributed by atoms with van der Waals surface area (Å²) in [6.45, 7) is 3.91. The van der Waals surface area contributed by atoms with Gasteiger partial charge in [0.2, 0.25) is 5.91 Å². The number of halogens is 2. The lowest BCUT2D eigenvalue weighted by atomic mass is 10.0. The fourth-order valence-electron chi connectivity index (χ4n) is 3.31. The van der Waals surface area contributed by atoms with E-state index in [2.05, 4.69) is 28.1 Å². The van der Waals surface area contributed by atoms with Gasteiger partial charge in [0.25, 0.3) is 0 Å². The summed E-state index contributed by atoms with van der Waals surface area (Å²) < 4.78 is 10.6. The highest BCUT2D eigenvalue weighted by Gasteiger charge is 2.27. The maximum absolute atomic E-state index is 11.7. The summed E-state index contributed by atoms with van der Waals surface area (Å²) in [5, 5.41) is 7.12. The molecule has 0 radical (unpaired) electrons. The summed E-state index contributed by atoms with van der Waals surface area (Å²) in [7, 11) is 3.09. The molecule has 0 aromatic heterocycles. The summed E-state index contributed by atoms with van der Waals surface area (Å²) in [6, 6.07) is 9.30. The lowest BCUT2D eigenvalue weighted by Gasteiger charge is -2.17. The summed E-state index contributed by atoms with van der Waals surface area (Å²) in [6.07, 6.45) is 1.93. The second-order valence-corrected chi connectivity index (χ2v) is 7.43. The van der Waals surface area contributed by atoms with Crippen LogP contribution in [0.2, 0.25) is 10.0 Å². The lowest BCUT2D eigenvalue weighted by Crippen LogP contribution is -2.40. The second-order valence-electron chi connectivity index (χ2n) is 6.68. The highest BCUT2D eigenvalue weighted by atomic mass is 35.5. The van der Waals surface area contributed by atoms with Crippen molar-refractivity contribution >= 4 is 34.8 Å². The van der Waals surface area contributed by atoms with Gasteiger partial charge < -0.3 is 14.8 Å². The van der Waals surface area contributed by atoms with Crippen molar-refractivity contribution in [1.82, 2.24) is 16.2 Å². The van der Waals surface area contributed by atoms with Crippen LogP contribution in [0.4, 0.5) is 5.69 Å². The number of carbonyl (C=O) groups excluding carboxylic acids is 1. The Morgan fingerprint density at radius 1 is 1.20 bits per heavy atom. The minimum Gasteiger partial charge on any atom is -0.495 e. The number of nitrogens with one attached hydrogen (secondary N) is 4. The molecule has 1 saturated heterocycles. The van der Waals surface area contributed by atoms with Crippen LogP contribution in [0.15, 0.2) is 43.0 Å². The molecule has 2 aromatic rings. The first-order valence-corrected chi connectivity index (χ1v) is 10.1. The van der Waals surface area contributed by atoms with Crippen LogP contribution in [-0.2, 0) is 11.3 Å². The number of benzene rings is 2. The number of anilines is 1. The first-order valence-electron chi connectivity index (χ1n) is 9.34. The monoisotopic (exact) mass is 450 g/mol. The van der Waals surface area contributed by atoms with Crippen molar-refractivity contribution in [3.8, 4) is 11.5 Å². The van der Waals surface area contributed by atoms with E-state index in [9.17, 15) is 4.79 Å². The molecule has 160 valence electrons. The van der Waals surface area contributed by atoms with Gasteiger partial charge in [0, 0.05) is 23.9 Å². The van der Waals surface area contributed by atoms with Gasteiger partial charge in [-0.25, -0.2) is 10.9 Å². The van der Waals surface area contributed by atoms with Crippen LogP contribution in [0.3, 0.4) is 0 Å². The molecule has 4 N–H and O–H groups in total. The highest BCUT2D eigenvalue weighted by Crippen LogP contribution is 2.40. The normalized spacial score (nSPS) is 18.1. The second kappa shape index (κ2) is 10.1. The van der Waals surface area contributed by atoms with Crippen molar-refractivity contribution < 1.29 is 14.3 Å². The molecule has 3 rings (SSSR count). The third kappa shape index (κ3) is 4.88. The number of methoxy groups -OCH3 is 2. The zero-order valence-corrected chi connectivity index (χ0v) is 18.2. The molecule has 0 saturated carbocycles. The van der Waals surface area contributed by atoms with E-state index in [0.717, 1.165) is 17.7 Å². The molecule has 9 heteroatoms. The topological polar surface area (TPSA) is 83.7 Å². The molecule has 7 nitrogen and oxygen atoms in total. The van der Waals surface area contributed by atoms with Gasteiger partial charge in [0.05, 0.1) is 36.5 Å². The molecule has 1 amide bonds. The van der Waals surface area contributed by atoms with Crippen molar-refractivity contribution in [2.75, 3.05) is 19.5 Å². The summed E-state index contributed by atoms with van der Waals surface area (Å²) in [5.41, 5.74) is 8.89. The van der Waals surface area contributed by atoms with Gasteiger partial charge in [-0.3, -0.25) is 10.1 Å². The third-order valence-corrected chi connectivity index (χ3v) is 5.70. The predicted molar refractivity (Wildman–Crippen MR) is 119 cm³/mol. The molecule has 2 atom stereocenters. The van der Waals surface area contributed by atoms with E-state index >= 15 is 0 Å². The van der Waals surface area contributed by atoms with Crippen LogP contribution in [0.1, 0.15) is 23.6 Å². The predicted octanol–water partition coefficient (Wildman–Crippen LogP) is 3.79. The van der Waals surface area contributed by atoms with Crippen LogP contribution < -0.4 is 31.0 Å². The molecule has 30 heavy (non-hydrogen) atoms. The molecule has 0 spiro atoms. The van der Waals surface area contributed by atoms with E-state index < -0.39 is 0 Å². The van der Waals surface area contributed by atoms with Gasteiger partial charge in [0.15, 0.2) is 0 Å². The first kappa shape index (κ1) is 22.4. The molecule has 2 aromatic carbocycles. The van der Waals surface area contributed by atoms with Crippen molar-refractivity contribution in [1.29, 1.82) is 0 Å². The number of hydrogen-bond donors (Lipinski definition) is 4. The van der Waals surface area contributed by atoms with Crippen LogP contribution in [0, 0.1) is 0 Å². The minimum atomic E-state index is -0.251.